The molecule has 1 aliphatic rings. The van der Waals surface area contributed by atoms with E-state index in [-0.39, 0.29) is 5.57 Å². The molecule has 0 spiro atoms. The molecule has 1 aliphatic heterocycles. The van der Waals surface area contributed by atoms with Gasteiger partial charge in [-0.1, -0.05) is 37.3 Å². The standard InChI is InChI=1S/C27H23IN2O5/c1-3-17-6-11-21(12-7-17)30-26(32)22(25(31)29-27(30)33)14-19-8-13-23(24(15-19)34-2)35-16-18-4-9-20(28)10-5-18/h4-15H,3,16H2,1-2H3,(H,29,31,33)/b22-14-. The summed E-state index contributed by atoms with van der Waals surface area (Å²) in [5, 5.41) is 2.24. The smallest absolute Gasteiger partial charge is 0.335 e. The van der Waals surface area contributed by atoms with Crippen LogP contribution in [0.2, 0.25) is 0 Å². The highest BCUT2D eigenvalue weighted by atomic mass is 127. The highest BCUT2D eigenvalue weighted by Gasteiger charge is 2.36. The number of methoxy groups -OCH3 is 1. The van der Waals surface area contributed by atoms with Crippen LogP contribution >= 0.6 is 22.6 Å². The van der Waals surface area contributed by atoms with Crippen LogP contribution in [-0.4, -0.2) is 25.0 Å². The van der Waals surface area contributed by atoms with Crippen LogP contribution in [0, 0.1) is 3.57 Å². The van der Waals surface area contributed by atoms with Crippen molar-refractivity contribution in [1.29, 1.82) is 0 Å². The van der Waals surface area contributed by atoms with Gasteiger partial charge in [0, 0.05) is 3.57 Å². The zero-order valence-corrected chi connectivity index (χ0v) is 21.4. The molecule has 1 N–H and O–H groups in total. The molecule has 1 saturated heterocycles. The number of anilines is 1. The van der Waals surface area contributed by atoms with E-state index in [0.29, 0.717) is 29.4 Å². The van der Waals surface area contributed by atoms with Gasteiger partial charge >= 0.3 is 6.03 Å². The number of urea groups is 1. The maximum atomic E-state index is 13.1. The number of nitrogens with one attached hydrogen (secondary N) is 1. The zero-order valence-electron chi connectivity index (χ0n) is 19.2. The number of aryl methyl sites for hydroxylation is 1. The van der Waals surface area contributed by atoms with E-state index in [2.05, 4.69) is 27.9 Å². The maximum Gasteiger partial charge on any atom is 0.335 e. The number of hydrogen-bond donors (Lipinski definition) is 1. The molecule has 0 atom stereocenters. The predicted molar refractivity (Wildman–Crippen MR) is 141 cm³/mol. The molecular weight excluding hydrogens is 559 g/mol. The fourth-order valence-electron chi connectivity index (χ4n) is 3.57. The van der Waals surface area contributed by atoms with Crippen molar-refractivity contribution in [2.75, 3.05) is 12.0 Å². The second-order valence-corrected chi connectivity index (χ2v) is 9.05. The normalized spacial score (nSPS) is 14.8. The summed E-state index contributed by atoms with van der Waals surface area (Å²) in [5.74, 6) is -0.461. The Morgan fingerprint density at radius 3 is 2.26 bits per heavy atom. The summed E-state index contributed by atoms with van der Waals surface area (Å²) in [6.45, 7) is 2.38. The number of hydrogen-bond acceptors (Lipinski definition) is 5. The average molecular weight is 582 g/mol. The van der Waals surface area contributed by atoms with E-state index in [9.17, 15) is 14.4 Å². The van der Waals surface area contributed by atoms with Gasteiger partial charge in [-0.15, -0.1) is 0 Å². The molecule has 3 aromatic rings. The maximum absolute atomic E-state index is 13.1. The van der Waals surface area contributed by atoms with Crippen molar-refractivity contribution in [3.63, 3.8) is 0 Å². The number of carbonyl (C=O) groups is 3. The summed E-state index contributed by atoms with van der Waals surface area (Å²) >= 11 is 2.24. The lowest BCUT2D eigenvalue weighted by Gasteiger charge is -2.26. The van der Waals surface area contributed by atoms with E-state index >= 15 is 0 Å². The molecule has 0 unspecified atom stereocenters. The van der Waals surface area contributed by atoms with E-state index < -0.39 is 17.8 Å². The minimum Gasteiger partial charge on any atom is -0.493 e. The Morgan fingerprint density at radius 1 is 0.914 bits per heavy atom. The Labute approximate surface area is 216 Å². The summed E-state index contributed by atoms with van der Waals surface area (Å²) in [7, 11) is 1.52. The molecule has 1 heterocycles. The molecule has 4 rings (SSSR count). The number of rotatable bonds is 7. The topological polar surface area (TPSA) is 84.9 Å². The van der Waals surface area contributed by atoms with Crippen molar-refractivity contribution in [3.8, 4) is 11.5 Å². The second-order valence-electron chi connectivity index (χ2n) is 7.80. The van der Waals surface area contributed by atoms with Crippen LogP contribution in [0.25, 0.3) is 6.08 Å². The Hall–Kier alpha value is -3.66. The molecule has 178 valence electrons. The Bertz CT molecular complexity index is 1300. The number of barbiturate groups is 1. The average Bonchev–Trinajstić information content (AvgIpc) is 2.86. The molecule has 0 radical (unpaired) electrons. The number of carbonyl (C=O) groups excluding carboxylic acids is 3. The SMILES string of the molecule is CCc1ccc(N2C(=O)NC(=O)/C(=C/c3ccc(OCc4ccc(I)cc4)c(OC)c3)C2=O)cc1. The van der Waals surface area contributed by atoms with Crippen molar-refractivity contribution in [1.82, 2.24) is 5.32 Å². The lowest BCUT2D eigenvalue weighted by molar-refractivity contribution is -0.122. The Kier molecular flexibility index (Phi) is 7.50. The third kappa shape index (κ3) is 5.54. The molecule has 8 heteroatoms. The summed E-state index contributed by atoms with van der Waals surface area (Å²) < 4.78 is 12.5. The van der Waals surface area contributed by atoms with Crippen LogP contribution in [0.4, 0.5) is 10.5 Å². The van der Waals surface area contributed by atoms with E-state index in [0.717, 1.165) is 26.0 Å². The lowest BCUT2D eigenvalue weighted by Crippen LogP contribution is -2.54. The van der Waals surface area contributed by atoms with Crippen molar-refractivity contribution < 1.29 is 23.9 Å². The van der Waals surface area contributed by atoms with Gasteiger partial charge in [-0.05, 0) is 88.2 Å². The molecule has 4 amide bonds. The first-order chi connectivity index (χ1) is 16.9. The van der Waals surface area contributed by atoms with E-state index in [4.69, 9.17) is 9.47 Å². The molecule has 0 saturated carbocycles. The number of halogens is 1. The van der Waals surface area contributed by atoms with Gasteiger partial charge in [0.05, 0.1) is 12.8 Å². The van der Waals surface area contributed by atoms with Gasteiger partial charge in [-0.2, -0.15) is 0 Å². The van der Waals surface area contributed by atoms with E-state index in [1.807, 2.05) is 43.3 Å². The van der Waals surface area contributed by atoms with E-state index in [1.54, 1.807) is 30.3 Å². The number of nitrogens with zero attached hydrogens (tertiary/aromatic N) is 1. The first-order valence-corrected chi connectivity index (χ1v) is 12.0. The van der Waals surface area contributed by atoms with Gasteiger partial charge in [-0.3, -0.25) is 14.9 Å². The van der Waals surface area contributed by atoms with Crippen LogP contribution < -0.4 is 19.7 Å². The first kappa shape index (κ1) is 24.5. The van der Waals surface area contributed by atoms with Crippen LogP contribution in [0.1, 0.15) is 23.6 Å². The molecule has 7 nitrogen and oxygen atoms in total. The van der Waals surface area contributed by atoms with Crippen LogP contribution in [0.5, 0.6) is 11.5 Å². The highest BCUT2D eigenvalue weighted by molar-refractivity contribution is 14.1. The minimum absolute atomic E-state index is 0.154. The minimum atomic E-state index is -0.779. The van der Waals surface area contributed by atoms with Gasteiger partial charge in [0.1, 0.15) is 12.2 Å². The molecule has 35 heavy (non-hydrogen) atoms. The molecule has 1 fully saturated rings. The fourth-order valence-corrected chi connectivity index (χ4v) is 3.93. The van der Waals surface area contributed by atoms with Crippen LogP contribution in [0.3, 0.4) is 0 Å². The van der Waals surface area contributed by atoms with Crippen molar-refractivity contribution >= 4 is 52.2 Å². The first-order valence-electron chi connectivity index (χ1n) is 10.9. The summed E-state index contributed by atoms with van der Waals surface area (Å²) in [4.78, 5) is 39.0. The number of ether oxygens (including phenoxy) is 2. The van der Waals surface area contributed by atoms with Crippen LogP contribution in [-0.2, 0) is 22.6 Å². The van der Waals surface area contributed by atoms with Crippen molar-refractivity contribution in [3.05, 3.63) is 92.6 Å². The Morgan fingerprint density at radius 2 is 1.60 bits per heavy atom. The monoisotopic (exact) mass is 582 g/mol. The second kappa shape index (κ2) is 10.7. The summed E-state index contributed by atoms with van der Waals surface area (Å²) in [6.07, 6.45) is 2.26. The fraction of sp³-hybridized carbons (Fsp3) is 0.148. The summed E-state index contributed by atoms with van der Waals surface area (Å²) in [5.41, 5.74) is 2.87. The molecule has 0 aliphatic carbocycles. The summed E-state index contributed by atoms with van der Waals surface area (Å²) in [6, 6.07) is 19.4. The molecule has 3 aromatic carbocycles. The van der Waals surface area contributed by atoms with Gasteiger partial charge in [0.2, 0.25) is 0 Å². The number of benzene rings is 3. The van der Waals surface area contributed by atoms with Gasteiger partial charge in [-0.25, -0.2) is 9.69 Å². The Balaban J connectivity index is 1.57. The quantitative estimate of drug-likeness (QED) is 0.238. The largest absolute Gasteiger partial charge is 0.493 e. The zero-order chi connectivity index (χ0) is 24.9. The predicted octanol–water partition coefficient (Wildman–Crippen LogP) is 5.11. The van der Waals surface area contributed by atoms with Gasteiger partial charge in [0.15, 0.2) is 11.5 Å². The highest BCUT2D eigenvalue weighted by Crippen LogP contribution is 2.30. The number of amides is 4. The van der Waals surface area contributed by atoms with Crippen LogP contribution in [0.15, 0.2) is 72.3 Å². The van der Waals surface area contributed by atoms with Gasteiger partial charge < -0.3 is 9.47 Å². The molecule has 0 aromatic heterocycles. The van der Waals surface area contributed by atoms with Gasteiger partial charge in [0.25, 0.3) is 11.8 Å². The molecular formula is C27H23IN2O5. The molecule has 0 bridgehead atoms. The third-order valence-corrected chi connectivity index (χ3v) is 6.23. The van der Waals surface area contributed by atoms with Crippen molar-refractivity contribution in [2.45, 2.75) is 20.0 Å². The lowest BCUT2D eigenvalue weighted by atomic mass is 10.1. The van der Waals surface area contributed by atoms with Crippen molar-refractivity contribution in [2.24, 2.45) is 0 Å². The third-order valence-electron chi connectivity index (χ3n) is 5.51. The number of imide groups is 2. The van der Waals surface area contributed by atoms with E-state index in [1.165, 1.54) is 13.2 Å².